The van der Waals surface area contributed by atoms with Crippen LogP contribution in [0.15, 0.2) is 9.59 Å². The monoisotopic (exact) mass is 242 g/mol. The van der Waals surface area contributed by atoms with E-state index in [-0.39, 0.29) is 12.0 Å². The molecule has 94 valence electrons. The lowest BCUT2D eigenvalue weighted by molar-refractivity contribution is 0.285. The Bertz CT molecular complexity index is 549. The molecule has 0 radical (unpaired) electrons. The van der Waals surface area contributed by atoms with Crippen LogP contribution in [0, 0.1) is 17.7 Å². The van der Waals surface area contributed by atoms with Crippen molar-refractivity contribution in [1.29, 1.82) is 0 Å². The van der Waals surface area contributed by atoms with Crippen LogP contribution in [0.1, 0.15) is 32.7 Å². The van der Waals surface area contributed by atoms with E-state index in [0.29, 0.717) is 12.3 Å². The summed E-state index contributed by atoms with van der Waals surface area (Å²) in [5.41, 5.74) is -1.93. The van der Waals surface area contributed by atoms with Crippen molar-refractivity contribution < 1.29 is 9.50 Å². The number of H-pyrrole nitrogens is 1. The van der Waals surface area contributed by atoms with E-state index in [2.05, 4.69) is 6.92 Å². The largest absolute Gasteiger partial charge is 0.492 e. The minimum atomic E-state index is -1.30. The highest BCUT2D eigenvalue weighted by molar-refractivity contribution is 5.12. The normalized spacial score (nSPS) is 28.5. The molecule has 1 aliphatic rings. The second kappa shape index (κ2) is 4.01. The summed E-state index contributed by atoms with van der Waals surface area (Å²) in [6.45, 7) is 4.01. The van der Waals surface area contributed by atoms with Gasteiger partial charge >= 0.3 is 5.69 Å². The molecule has 3 unspecified atom stereocenters. The van der Waals surface area contributed by atoms with Gasteiger partial charge in [0.1, 0.15) is 0 Å². The Labute approximate surface area is 96.9 Å². The molecule has 6 heteroatoms. The van der Waals surface area contributed by atoms with Crippen LogP contribution < -0.4 is 11.2 Å². The Kier molecular flexibility index (Phi) is 2.81. The Morgan fingerprint density at radius 1 is 1.35 bits per heavy atom. The first-order valence-electron chi connectivity index (χ1n) is 5.66. The van der Waals surface area contributed by atoms with E-state index in [9.17, 15) is 19.1 Å². The van der Waals surface area contributed by atoms with Gasteiger partial charge in [0.15, 0.2) is 0 Å². The van der Waals surface area contributed by atoms with Gasteiger partial charge in [-0.2, -0.15) is 4.39 Å². The molecule has 0 aliphatic heterocycles. The molecule has 1 aromatic heterocycles. The Hall–Kier alpha value is -1.59. The second-order valence-electron chi connectivity index (χ2n) is 4.75. The summed E-state index contributed by atoms with van der Waals surface area (Å²) in [5, 5.41) is 9.59. The molecule has 1 aromatic rings. The summed E-state index contributed by atoms with van der Waals surface area (Å²) in [7, 11) is 0. The fraction of sp³-hybridized carbons (Fsp3) is 0.636. The van der Waals surface area contributed by atoms with Gasteiger partial charge in [0.25, 0.3) is 5.56 Å². The van der Waals surface area contributed by atoms with E-state index in [1.165, 1.54) is 0 Å². The number of nitrogens with one attached hydrogen (secondary N) is 1. The highest BCUT2D eigenvalue weighted by Gasteiger charge is 2.34. The van der Waals surface area contributed by atoms with Crippen LogP contribution in [-0.2, 0) is 0 Å². The number of aromatic hydroxyl groups is 1. The minimum Gasteiger partial charge on any atom is -0.492 e. The third-order valence-electron chi connectivity index (χ3n) is 3.82. The van der Waals surface area contributed by atoms with Crippen LogP contribution in [0.25, 0.3) is 0 Å². The summed E-state index contributed by atoms with van der Waals surface area (Å²) in [4.78, 5) is 24.5. The van der Waals surface area contributed by atoms with Gasteiger partial charge in [-0.3, -0.25) is 14.3 Å². The topological polar surface area (TPSA) is 75.1 Å². The highest BCUT2D eigenvalue weighted by atomic mass is 19.1. The van der Waals surface area contributed by atoms with E-state index in [1.54, 1.807) is 0 Å². The maximum absolute atomic E-state index is 13.3. The molecule has 0 amide bonds. The zero-order chi connectivity index (χ0) is 12.7. The van der Waals surface area contributed by atoms with E-state index >= 15 is 0 Å². The fourth-order valence-corrected chi connectivity index (χ4v) is 2.53. The first kappa shape index (κ1) is 11.9. The molecule has 2 rings (SSSR count). The van der Waals surface area contributed by atoms with Crippen molar-refractivity contribution in [1.82, 2.24) is 9.55 Å². The second-order valence-corrected chi connectivity index (χ2v) is 4.75. The van der Waals surface area contributed by atoms with Gasteiger partial charge in [0, 0.05) is 6.04 Å². The third-order valence-corrected chi connectivity index (χ3v) is 3.82. The van der Waals surface area contributed by atoms with Crippen molar-refractivity contribution in [2.45, 2.75) is 32.7 Å². The quantitative estimate of drug-likeness (QED) is 0.771. The first-order chi connectivity index (χ1) is 7.93. The number of aromatic nitrogens is 2. The average Bonchev–Trinajstić information content (AvgIpc) is 2.58. The molecule has 17 heavy (non-hydrogen) atoms. The van der Waals surface area contributed by atoms with Crippen molar-refractivity contribution >= 4 is 0 Å². The number of nitrogens with zero attached hydrogens (tertiary/aromatic N) is 1. The maximum atomic E-state index is 13.3. The molecule has 0 aromatic carbocycles. The molecular formula is C11H15FN2O3. The van der Waals surface area contributed by atoms with Gasteiger partial charge in [0.2, 0.25) is 11.7 Å². The molecule has 1 heterocycles. The lowest BCUT2D eigenvalue weighted by Gasteiger charge is -2.21. The lowest BCUT2D eigenvalue weighted by Crippen LogP contribution is -2.35. The van der Waals surface area contributed by atoms with E-state index < -0.39 is 22.9 Å². The SMILES string of the molecule is CC1CCC(n2c(O)c(F)c(=O)[nH]c2=O)C1C. The zero-order valence-electron chi connectivity index (χ0n) is 9.74. The van der Waals surface area contributed by atoms with Gasteiger partial charge in [-0.25, -0.2) is 4.79 Å². The highest BCUT2D eigenvalue weighted by Crippen LogP contribution is 2.40. The van der Waals surface area contributed by atoms with Gasteiger partial charge < -0.3 is 5.11 Å². The number of halogens is 1. The third kappa shape index (κ3) is 1.77. The molecule has 1 fully saturated rings. The smallest absolute Gasteiger partial charge is 0.331 e. The Balaban J connectivity index is 2.57. The van der Waals surface area contributed by atoms with Crippen molar-refractivity contribution in [3.8, 4) is 5.88 Å². The van der Waals surface area contributed by atoms with Crippen LogP contribution in [0.5, 0.6) is 5.88 Å². The summed E-state index contributed by atoms with van der Waals surface area (Å²) < 4.78 is 14.3. The van der Waals surface area contributed by atoms with Gasteiger partial charge in [-0.15, -0.1) is 0 Å². The molecule has 3 atom stereocenters. The maximum Gasteiger partial charge on any atom is 0.331 e. The van der Waals surface area contributed by atoms with Crippen molar-refractivity contribution in [3.05, 3.63) is 26.7 Å². The van der Waals surface area contributed by atoms with E-state index in [4.69, 9.17) is 0 Å². The number of hydrogen-bond acceptors (Lipinski definition) is 3. The van der Waals surface area contributed by atoms with Crippen LogP contribution in [0.4, 0.5) is 4.39 Å². The summed E-state index contributed by atoms with van der Waals surface area (Å²) >= 11 is 0. The van der Waals surface area contributed by atoms with Gasteiger partial charge in [-0.1, -0.05) is 13.8 Å². The van der Waals surface area contributed by atoms with Crippen LogP contribution in [0.2, 0.25) is 0 Å². The van der Waals surface area contributed by atoms with Gasteiger partial charge in [0.05, 0.1) is 0 Å². The van der Waals surface area contributed by atoms with Gasteiger partial charge in [-0.05, 0) is 24.7 Å². The molecule has 0 saturated heterocycles. The van der Waals surface area contributed by atoms with Crippen LogP contribution in [-0.4, -0.2) is 14.7 Å². The molecule has 1 saturated carbocycles. The van der Waals surface area contributed by atoms with Crippen LogP contribution >= 0.6 is 0 Å². The standard InChI is InChI=1S/C11H15FN2O3/c1-5-3-4-7(6(5)2)14-10(16)8(12)9(15)13-11(14)17/h5-7,16H,3-4H2,1-2H3,(H,13,15,17). The number of hydrogen-bond donors (Lipinski definition) is 2. The molecule has 2 N–H and O–H groups in total. The van der Waals surface area contributed by atoms with E-state index in [0.717, 1.165) is 11.0 Å². The summed E-state index contributed by atoms with van der Waals surface area (Å²) in [5.74, 6) is -1.59. The molecule has 1 aliphatic carbocycles. The van der Waals surface area contributed by atoms with Crippen molar-refractivity contribution in [2.75, 3.05) is 0 Å². The van der Waals surface area contributed by atoms with Crippen molar-refractivity contribution in [3.63, 3.8) is 0 Å². The minimum absolute atomic E-state index is 0.156. The first-order valence-corrected chi connectivity index (χ1v) is 5.66. The molecular weight excluding hydrogens is 227 g/mol. The molecule has 0 bridgehead atoms. The fourth-order valence-electron chi connectivity index (χ4n) is 2.53. The molecule has 0 spiro atoms. The average molecular weight is 242 g/mol. The number of rotatable bonds is 1. The summed E-state index contributed by atoms with van der Waals surface area (Å²) in [6.07, 6.45) is 1.61. The predicted octanol–water partition coefficient (Wildman–Crippen LogP) is 0.988. The number of aromatic amines is 1. The van der Waals surface area contributed by atoms with Crippen molar-refractivity contribution in [2.24, 2.45) is 11.8 Å². The summed E-state index contributed by atoms with van der Waals surface area (Å²) in [6, 6.07) is -0.260. The predicted molar refractivity (Wildman–Crippen MR) is 59.5 cm³/mol. The Morgan fingerprint density at radius 3 is 2.53 bits per heavy atom. The zero-order valence-corrected chi connectivity index (χ0v) is 9.74. The lowest BCUT2D eigenvalue weighted by atomic mass is 9.97. The Morgan fingerprint density at radius 2 is 2.00 bits per heavy atom. The molecule has 5 nitrogen and oxygen atoms in total. The van der Waals surface area contributed by atoms with Crippen LogP contribution in [0.3, 0.4) is 0 Å². The van der Waals surface area contributed by atoms with E-state index in [1.807, 2.05) is 11.9 Å².